The number of amides is 1. The summed E-state index contributed by atoms with van der Waals surface area (Å²) in [5.74, 6) is 2.67. The molecule has 6 aliphatic rings. The Morgan fingerprint density at radius 1 is 1.05 bits per heavy atom. The molecule has 2 fully saturated rings. The summed E-state index contributed by atoms with van der Waals surface area (Å²) in [4.78, 5) is 33.9. The number of aromatic nitrogens is 1. The first-order chi connectivity index (χ1) is 30.2. The first-order valence-corrected chi connectivity index (χ1v) is 21.4. The van der Waals surface area contributed by atoms with E-state index in [0.29, 0.717) is 34.6 Å². The van der Waals surface area contributed by atoms with Gasteiger partial charge in [0.2, 0.25) is 6.29 Å². The molecule has 5 N–H and O–H groups in total. The standard InChI is InChI=1S/C49H46N2O11/c1-58-38-19-32-29-15-14-26-8-4-11-27(26)40(29)42-36(53)22-51-21-34-25(7-5-12-30(34)47(51)56)9-6-18-59-46-43(54)39-23-60-37(33-20-50-35-13-3-2-10-28(33)35)17-16-31(38)45(41(32)44(42)55)62-48(61-39)49(46,57)24-52/h2-3,5,7,10,12-13,16-17,19-20,26-27,37,39,43,46,48,50,52,54-55,57H,4,8-9,11,14-15,21-24H2,1H3/b17-16+/t26-,27+,37-,39-,43-,46+,48-,49-/m1/s1. The summed E-state index contributed by atoms with van der Waals surface area (Å²) in [5, 5.41) is 50.1. The fourth-order valence-corrected chi connectivity index (χ4v) is 11.1. The first-order valence-electron chi connectivity index (χ1n) is 21.4. The molecule has 8 atom stereocenters. The van der Waals surface area contributed by atoms with E-state index in [0.717, 1.165) is 64.4 Å². The van der Waals surface area contributed by atoms with E-state index in [2.05, 4.69) is 17.0 Å². The van der Waals surface area contributed by atoms with Crippen LogP contribution in [-0.2, 0) is 33.6 Å². The number of hydrogen-bond donors (Lipinski definition) is 5. The maximum atomic E-state index is 15.1. The van der Waals surface area contributed by atoms with Gasteiger partial charge in [0.1, 0.15) is 41.7 Å². The second kappa shape index (κ2) is 14.9. The Morgan fingerprint density at radius 3 is 2.77 bits per heavy atom. The van der Waals surface area contributed by atoms with Crippen molar-refractivity contribution in [1.82, 2.24) is 9.88 Å². The number of fused-ring (bicyclic) bond motifs is 10. The summed E-state index contributed by atoms with van der Waals surface area (Å²) < 4.78 is 32.0. The smallest absolute Gasteiger partial charge is 0.254 e. The van der Waals surface area contributed by atoms with Crippen molar-refractivity contribution in [3.8, 4) is 29.3 Å². The number of aliphatic hydroxyl groups excluding tert-OH is 2. The highest BCUT2D eigenvalue weighted by molar-refractivity contribution is 6.13. The van der Waals surface area contributed by atoms with Crippen LogP contribution in [0.2, 0.25) is 0 Å². The van der Waals surface area contributed by atoms with Crippen molar-refractivity contribution in [2.75, 3.05) is 26.9 Å². The number of aryl methyl sites for hydroxylation is 1. The lowest BCUT2D eigenvalue weighted by molar-refractivity contribution is -0.328. The molecule has 318 valence electrons. The average Bonchev–Trinajstić information content (AvgIpc) is 4.02. The van der Waals surface area contributed by atoms with E-state index in [1.54, 1.807) is 18.2 Å². The maximum absolute atomic E-state index is 15.1. The minimum Gasteiger partial charge on any atom is -0.506 e. The lowest BCUT2D eigenvalue weighted by atomic mass is 9.72. The number of H-pyrrole nitrogens is 1. The van der Waals surface area contributed by atoms with Crippen molar-refractivity contribution >= 4 is 39.4 Å². The van der Waals surface area contributed by atoms with Crippen LogP contribution in [0, 0.1) is 17.9 Å². The highest BCUT2D eigenvalue weighted by Crippen LogP contribution is 2.55. The van der Waals surface area contributed by atoms with Gasteiger partial charge in [0.15, 0.2) is 17.5 Å². The van der Waals surface area contributed by atoms with Crippen LogP contribution in [0.5, 0.6) is 17.2 Å². The fourth-order valence-electron chi connectivity index (χ4n) is 11.1. The largest absolute Gasteiger partial charge is 0.506 e. The molecule has 4 aliphatic heterocycles. The first kappa shape index (κ1) is 39.0. The molecule has 1 aromatic heterocycles. The van der Waals surface area contributed by atoms with Crippen LogP contribution in [0.25, 0.3) is 27.8 Å². The predicted molar refractivity (Wildman–Crippen MR) is 226 cm³/mol. The second-order valence-electron chi connectivity index (χ2n) is 17.4. The van der Waals surface area contributed by atoms with Crippen LogP contribution in [-0.4, -0.2) is 99.1 Å². The summed E-state index contributed by atoms with van der Waals surface area (Å²) in [6, 6.07) is 15.0. The molecule has 1 saturated carbocycles. The van der Waals surface area contributed by atoms with Crippen molar-refractivity contribution in [3.05, 3.63) is 105 Å². The van der Waals surface area contributed by atoms with Crippen molar-refractivity contribution in [2.24, 2.45) is 5.92 Å². The number of nitrogens with one attached hydrogen (secondary N) is 1. The Balaban J connectivity index is 1.19. The number of nitrogens with zero attached hydrogens (tertiary/aromatic N) is 1. The van der Waals surface area contributed by atoms with Gasteiger partial charge >= 0.3 is 0 Å². The zero-order valence-electron chi connectivity index (χ0n) is 34.1. The maximum Gasteiger partial charge on any atom is 0.254 e. The van der Waals surface area contributed by atoms with Crippen molar-refractivity contribution in [1.29, 1.82) is 0 Å². The number of aliphatic hydroxyl groups is 3. The highest BCUT2D eigenvalue weighted by atomic mass is 16.7. The van der Waals surface area contributed by atoms with Gasteiger partial charge in [0.25, 0.3) is 5.91 Å². The third kappa shape index (κ3) is 5.88. The Hall–Kier alpha value is -5.88. The number of rotatable bonds is 3. The molecule has 4 aromatic carbocycles. The Labute approximate surface area is 356 Å². The van der Waals surface area contributed by atoms with Crippen molar-refractivity contribution in [3.63, 3.8) is 0 Å². The van der Waals surface area contributed by atoms with Gasteiger partial charge in [-0.25, -0.2) is 0 Å². The SMILES string of the molecule is COc1cc2c3c(c4c(O)c2c2c1/C=C/[C@H](c1c[nH]c5ccccc15)OC[C@H]1O[C@H](O2)[C@@](O)(CO)[C@@H](OC#CCc2cccc5c2CN(CC4=O)C5=O)[C@@H]1O)[C@H]1CCC[C@@H]1CC3. The molecular formula is C49H46N2O11. The molecule has 62 heavy (non-hydrogen) atoms. The molecular weight excluding hydrogens is 793 g/mol. The van der Waals surface area contributed by atoms with Gasteiger partial charge in [-0.2, -0.15) is 0 Å². The molecule has 0 radical (unpaired) electrons. The Kier molecular flexibility index (Phi) is 9.37. The molecule has 2 aliphatic carbocycles. The number of phenols is 1. The number of carbonyl (C=O) groups excluding carboxylic acids is 2. The molecule has 11 rings (SSSR count). The van der Waals surface area contributed by atoms with Gasteiger partial charge in [-0.15, -0.1) is 0 Å². The molecule has 13 heteroatoms. The molecule has 0 unspecified atom stereocenters. The van der Waals surface area contributed by atoms with Gasteiger partial charge in [-0.05, 0) is 89.4 Å². The monoisotopic (exact) mass is 838 g/mol. The minimum absolute atomic E-state index is 0.00494. The van der Waals surface area contributed by atoms with Gasteiger partial charge < -0.3 is 54.0 Å². The summed E-state index contributed by atoms with van der Waals surface area (Å²) in [7, 11) is 1.53. The number of carbonyl (C=O) groups is 2. The zero-order valence-corrected chi connectivity index (χ0v) is 34.1. The highest BCUT2D eigenvalue weighted by Gasteiger charge is 2.59. The average molecular weight is 839 g/mol. The van der Waals surface area contributed by atoms with E-state index in [1.165, 1.54) is 12.0 Å². The van der Waals surface area contributed by atoms with Gasteiger partial charge in [0, 0.05) is 41.2 Å². The third-order valence-electron chi connectivity index (χ3n) is 14.2. The number of Topliss-reactive ketones (excluding diaryl/α,β-unsaturated/α-hetero) is 1. The molecule has 8 bridgehead atoms. The fraction of sp³-hybridized carbons (Fsp3) is 0.388. The van der Waals surface area contributed by atoms with E-state index in [4.69, 9.17) is 23.7 Å². The molecule has 13 nitrogen and oxygen atoms in total. The molecule has 1 amide bonds. The van der Waals surface area contributed by atoms with Crippen LogP contribution < -0.4 is 9.47 Å². The van der Waals surface area contributed by atoms with Crippen molar-refractivity contribution < 1.29 is 53.7 Å². The lowest BCUT2D eigenvalue weighted by Crippen LogP contribution is -2.70. The van der Waals surface area contributed by atoms with Crippen LogP contribution in [0.4, 0.5) is 0 Å². The van der Waals surface area contributed by atoms with E-state index in [-0.39, 0.29) is 60.4 Å². The Bertz CT molecular complexity index is 2780. The van der Waals surface area contributed by atoms with Crippen molar-refractivity contribution in [2.45, 2.75) is 87.3 Å². The summed E-state index contributed by atoms with van der Waals surface area (Å²) in [6.07, 6.45) is 5.72. The summed E-state index contributed by atoms with van der Waals surface area (Å²) in [6.45, 7) is -1.30. The van der Waals surface area contributed by atoms with E-state index < -0.39 is 48.7 Å². The molecule has 5 aromatic rings. The van der Waals surface area contributed by atoms with Gasteiger partial charge in [0.05, 0.1) is 43.4 Å². The van der Waals surface area contributed by atoms with Gasteiger partial charge in [-0.3, -0.25) is 9.59 Å². The molecule has 0 spiro atoms. The van der Waals surface area contributed by atoms with Crippen LogP contribution in [0.15, 0.2) is 60.8 Å². The van der Waals surface area contributed by atoms with E-state index >= 15 is 4.79 Å². The number of methoxy groups -OCH3 is 1. The Morgan fingerprint density at radius 2 is 1.92 bits per heavy atom. The van der Waals surface area contributed by atoms with Crippen LogP contribution >= 0.6 is 0 Å². The number of phenolic OH excluding ortho intramolecular Hbond substituents is 1. The van der Waals surface area contributed by atoms with Gasteiger partial charge in [-0.1, -0.05) is 48.7 Å². The topological polar surface area (TPSA) is 180 Å². The van der Waals surface area contributed by atoms with Crippen LogP contribution in [0.1, 0.15) is 91.8 Å². The number of ether oxygens (including phenoxy) is 5. The molecule has 5 heterocycles. The number of ketones is 1. The van der Waals surface area contributed by atoms with E-state index in [1.807, 2.05) is 48.7 Å². The predicted octanol–water partition coefficient (Wildman–Crippen LogP) is 5.58. The third-order valence-corrected chi connectivity index (χ3v) is 14.2. The minimum atomic E-state index is -2.43. The number of para-hydroxylation sites is 1. The summed E-state index contributed by atoms with van der Waals surface area (Å²) >= 11 is 0. The quantitative estimate of drug-likeness (QED) is 0.143. The normalized spacial score (nSPS) is 29.4. The summed E-state index contributed by atoms with van der Waals surface area (Å²) in [5.41, 5.74) is 3.34. The number of benzene rings is 4. The van der Waals surface area contributed by atoms with E-state index in [9.17, 15) is 25.2 Å². The molecule has 1 saturated heterocycles. The lowest BCUT2D eigenvalue weighted by Gasteiger charge is -2.47. The van der Waals surface area contributed by atoms with Crippen LogP contribution in [0.3, 0.4) is 0 Å². The number of aromatic hydroxyl groups is 1. The zero-order chi connectivity index (χ0) is 42.4. The second-order valence-corrected chi connectivity index (χ2v) is 17.4. The number of hydrogen-bond acceptors (Lipinski definition) is 11. The number of aromatic amines is 1.